The first kappa shape index (κ1) is 25.2. The molecule has 0 atom stereocenters. The van der Waals surface area contributed by atoms with Crippen LogP contribution in [0.15, 0.2) is 54.6 Å². The van der Waals surface area contributed by atoms with Gasteiger partial charge in [0.15, 0.2) is 11.6 Å². The smallest absolute Gasteiger partial charge is 0.200 e. The lowest BCUT2D eigenvalue weighted by molar-refractivity contribution is 0.282. The molecular weight excluding hydrogens is 449 g/mol. The highest BCUT2D eigenvalue weighted by Crippen LogP contribution is 2.38. The monoisotopic (exact) mass is 482 g/mol. The normalized spacial score (nSPS) is 17.9. The molecule has 1 saturated carbocycles. The molecule has 3 aromatic carbocycles. The minimum atomic E-state index is -0.930. The maximum atomic E-state index is 14.8. The van der Waals surface area contributed by atoms with Crippen LogP contribution in [0, 0.1) is 23.4 Å². The van der Waals surface area contributed by atoms with Crippen LogP contribution in [0.25, 0.3) is 11.1 Å². The van der Waals surface area contributed by atoms with Crippen LogP contribution in [0.1, 0.15) is 69.4 Å². The van der Waals surface area contributed by atoms with E-state index in [4.69, 9.17) is 9.47 Å². The minimum absolute atomic E-state index is 0.0691. The molecule has 5 heteroatoms. The first-order valence-corrected chi connectivity index (χ1v) is 12.6. The van der Waals surface area contributed by atoms with Crippen molar-refractivity contribution in [2.75, 3.05) is 6.61 Å². The van der Waals surface area contributed by atoms with Crippen LogP contribution in [-0.2, 0) is 6.61 Å². The van der Waals surface area contributed by atoms with E-state index < -0.39 is 11.6 Å². The number of hydrogen-bond acceptors (Lipinski definition) is 2. The zero-order valence-electron chi connectivity index (χ0n) is 20.5. The molecule has 186 valence electrons. The average molecular weight is 483 g/mol. The van der Waals surface area contributed by atoms with Crippen molar-refractivity contribution in [1.82, 2.24) is 0 Å². The van der Waals surface area contributed by atoms with Gasteiger partial charge >= 0.3 is 0 Å². The van der Waals surface area contributed by atoms with Gasteiger partial charge in [-0.15, -0.1) is 0 Å². The molecular formula is C30H33F3O2. The maximum absolute atomic E-state index is 14.8. The third-order valence-electron chi connectivity index (χ3n) is 6.90. The van der Waals surface area contributed by atoms with Gasteiger partial charge in [0.2, 0.25) is 5.82 Å². The summed E-state index contributed by atoms with van der Waals surface area (Å²) < 4.78 is 55.2. The van der Waals surface area contributed by atoms with E-state index in [1.54, 1.807) is 42.5 Å². The Morgan fingerprint density at radius 1 is 0.829 bits per heavy atom. The van der Waals surface area contributed by atoms with E-state index in [1.807, 2.05) is 0 Å². The van der Waals surface area contributed by atoms with E-state index in [1.165, 1.54) is 12.1 Å². The first-order chi connectivity index (χ1) is 17.0. The fourth-order valence-electron chi connectivity index (χ4n) is 4.64. The fourth-order valence-corrected chi connectivity index (χ4v) is 4.64. The summed E-state index contributed by atoms with van der Waals surface area (Å²) in [4.78, 5) is 0. The lowest BCUT2D eigenvalue weighted by Crippen LogP contribution is -2.13. The highest BCUT2D eigenvalue weighted by atomic mass is 19.2. The molecule has 3 aromatic rings. The zero-order chi connectivity index (χ0) is 24.8. The van der Waals surface area contributed by atoms with Crippen LogP contribution >= 0.6 is 0 Å². The number of rotatable bonds is 9. The molecule has 0 bridgehead atoms. The predicted octanol–water partition coefficient (Wildman–Crippen LogP) is 8.82. The second-order valence-electron chi connectivity index (χ2n) is 9.57. The summed E-state index contributed by atoms with van der Waals surface area (Å²) in [6, 6.07) is 15.2. The highest BCUT2D eigenvalue weighted by Gasteiger charge is 2.25. The summed E-state index contributed by atoms with van der Waals surface area (Å²) in [5.74, 6) is -0.940. The van der Waals surface area contributed by atoms with Crippen LogP contribution in [0.4, 0.5) is 13.2 Å². The predicted molar refractivity (Wildman–Crippen MR) is 133 cm³/mol. The number of benzene rings is 3. The Morgan fingerprint density at radius 3 is 2.26 bits per heavy atom. The van der Waals surface area contributed by atoms with Gasteiger partial charge in [0.25, 0.3) is 0 Å². The molecule has 0 saturated heterocycles. The number of halogens is 3. The first-order valence-electron chi connectivity index (χ1n) is 12.6. The Balaban J connectivity index is 1.38. The van der Waals surface area contributed by atoms with Crippen molar-refractivity contribution in [2.24, 2.45) is 5.92 Å². The van der Waals surface area contributed by atoms with E-state index in [0.29, 0.717) is 29.4 Å². The third kappa shape index (κ3) is 6.19. The van der Waals surface area contributed by atoms with Gasteiger partial charge in [-0.25, -0.2) is 8.78 Å². The third-order valence-corrected chi connectivity index (χ3v) is 6.90. The zero-order valence-corrected chi connectivity index (χ0v) is 20.5. The lowest BCUT2D eigenvalue weighted by atomic mass is 9.79. The minimum Gasteiger partial charge on any atom is -0.493 e. The molecule has 1 fully saturated rings. The second kappa shape index (κ2) is 11.7. The van der Waals surface area contributed by atoms with E-state index in [2.05, 4.69) is 13.8 Å². The molecule has 35 heavy (non-hydrogen) atoms. The van der Waals surface area contributed by atoms with Crippen molar-refractivity contribution in [1.29, 1.82) is 0 Å². The van der Waals surface area contributed by atoms with Crippen LogP contribution in [0.5, 0.6) is 11.5 Å². The largest absolute Gasteiger partial charge is 0.493 e. The highest BCUT2D eigenvalue weighted by molar-refractivity contribution is 5.65. The van der Waals surface area contributed by atoms with Crippen molar-refractivity contribution >= 4 is 0 Å². The van der Waals surface area contributed by atoms with Crippen molar-refractivity contribution < 1.29 is 22.6 Å². The Labute approximate surface area is 206 Å². The van der Waals surface area contributed by atoms with Gasteiger partial charge in [-0.1, -0.05) is 63.4 Å². The van der Waals surface area contributed by atoms with Gasteiger partial charge in [-0.3, -0.25) is 0 Å². The standard InChI is InChI=1S/C30H33F3O2/c1-3-4-17-34-24-13-14-25(27(31)18-24)22-11-7-21(8-12-22)19-35-28-16-15-26(29(32)30(28)33)23-9-5-20(2)6-10-23/h7-8,11-16,18,20,23H,3-6,9-10,17,19H2,1-2H3. The number of ether oxygens (including phenoxy) is 2. The fraction of sp³-hybridized carbons (Fsp3) is 0.400. The Kier molecular flexibility index (Phi) is 8.37. The number of hydrogen-bond donors (Lipinski definition) is 0. The van der Waals surface area contributed by atoms with Gasteiger partial charge in [-0.05, 0) is 66.0 Å². The molecule has 0 aliphatic heterocycles. The topological polar surface area (TPSA) is 18.5 Å². The van der Waals surface area contributed by atoms with Crippen LogP contribution in [-0.4, -0.2) is 6.61 Å². The summed E-state index contributed by atoms with van der Waals surface area (Å²) >= 11 is 0. The summed E-state index contributed by atoms with van der Waals surface area (Å²) in [5.41, 5.74) is 2.42. The summed E-state index contributed by atoms with van der Waals surface area (Å²) in [5, 5.41) is 0. The van der Waals surface area contributed by atoms with Gasteiger partial charge in [0, 0.05) is 11.6 Å². The summed E-state index contributed by atoms with van der Waals surface area (Å²) in [6.07, 6.45) is 5.80. The van der Waals surface area contributed by atoms with E-state index >= 15 is 0 Å². The SMILES string of the molecule is CCCCOc1ccc(-c2ccc(COc3ccc(C4CCC(C)CC4)c(F)c3F)cc2)c(F)c1. The molecule has 2 nitrogen and oxygen atoms in total. The molecule has 1 aliphatic rings. The molecule has 1 aliphatic carbocycles. The van der Waals surface area contributed by atoms with E-state index in [9.17, 15) is 13.2 Å². The summed E-state index contributed by atoms with van der Waals surface area (Å²) in [7, 11) is 0. The molecule has 0 aromatic heterocycles. The maximum Gasteiger partial charge on any atom is 0.200 e. The van der Waals surface area contributed by atoms with Gasteiger partial charge in [-0.2, -0.15) is 4.39 Å². The van der Waals surface area contributed by atoms with Crippen LogP contribution < -0.4 is 9.47 Å². The molecule has 0 radical (unpaired) electrons. The van der Waals surface area contributed by atoms with E-state index in [0.717, 1.165) is 49.7 Å². The Bertz CT molecular complexity index is 1120. The summed E-state index contributed by atoms with van der Waals surface area (Å²) in [6.45, 7) is 4.93. The Morgan fingerprint density at radius 2 is 1.57 bits per heavy atom. The van der Waals surface area contributed by atoms with Crippen molar-refractivity contribution in [3.63, 3.8) is 0 Å². The lowest BCUT2D eigenvalue weighted by Gasteiger charge is -2.27. The molecule has 0 amide bonds. The number of unbranched alkanes of at least 4 members (excludes halogenated alkanes) is 1. The average Bonchev–Trinajstić information content (AvgIpc) is 2.86. The van der Waals surface area contributed by atoms with Gasteiger partial charge in [0.05, 0.1) is 6.61 Å². The molecule has 0 N–H and O–H groups in total. The molecule has 4 rings (SSSR count). The quantitative estimate of drug-likeness (QED) is 0.284. The van der Waals surface area contributed by atoms with Gasteiger partial charge < -0.3 is 9.47 Å². The van der Waals surface area contributed by atoms with Crippen molar-refractivity contribution in [3.8, 4) is 22.6 Å². The van der Waals surface area contributed by atoms with Crippen LogP contribution in [0.2, 0.25) is 0 Å². The molecule has 0 unspecified atom stereocenters. The van der Waals surface area contributed by atoms with Crippen molar-refractivity contribution in [2.45, 2.75) is 64.9 Å². The van der Waals surface area contributed by atoms with E-state index in [-0.39, 0.29) is 24.1 Å². The molecule has 0 spiro atoms. The van der Waals surface area contributed by atoms with Crippen LogP contribution in [0.3, 0.4) is 0 Å². The second-order valence-corrected chi connectivity index (χ2v) is 9.57. The Hall–Kier alpha value is -2.95. The van der Waals surface area contributed by atoms with Gasteiger partial charge in [0.1, 0.15) is 18.2 Å². The molecule has 0 heterocycles. The van der Waals surface area contributed by atoms with Crippen molar-refractivity contribution in [3.05, 3.63) is 83.2 Å².